The lowest BCUT2D eigenvalue weighted by atomic mass is 9.86. The van der Waals surface area contributed by atoms with E-state index in [9.17, 15) is 9.18 Å². The van der Waals surface area contributed by atoms with Crippen LogP contribution in [0.15, 0.2) is 42.5 Å². The average molecular weight is 272 g/mol. The van der Waals surface area contributed by atoms with Gasteiger partial charge in [-0.3, -0.25) is 0 Å². The molecular weight excluding hydrogens is 255 g/mol. The smallest absolute Gasteiger partial charge is 0.338 e. The number of rotatable bonds is 2. The summed E-state index contributed by atoms with van der Waals surface area (Å²) in [6, 6.07) is 12.0. The SMILES string of the molecule is CC(C)(C)c1ccc(-c2ccc(F)c(C(=O)O)c2)cc1. The van der Waals surface area contributed by atoms with Crippen molar-refractivity contribution in [1.82, 2.24) is 0 Å². The zero-order chi connectivity index (χ0) is 14.9. The molecule has 2 nitrogen and oxygen atoms in total. The summed E-state index contributed by atoms with van der Waals surface area (Å²) in [5, 5.41) is 8.95. The van der Waals surface area contributed by atoms with Crippen LogP contribution in [0.2, 0.25) is 0 Å². The first-order valence-electron chi connectivity index (χ1n) is 6.43. The fourth-order valence-corrected chi connectivity index (χ4v) is 2.03. The van der Waals surface area contributed by atoms with Gasteiger partial charge in [0.1, 0.15) is 5.82 Å². The highest BCUT2D eigenvalue weighted by Gasteiger charge is 2.14. The van der Waals surface area contributed by atoms with Crippen molar-refractivity contribution in [2.45, 2.75) is 26.2 Å². The Bertz CT molecular complexity index is 637. The number of carbonyl (C=O) groups is 1. The molecule has 0 saturated carbocycles. The van der Waals surface area contributed by atoms with Gasteiger partial charge in [-0.05, 0) is 34.2 Å². The van der Waals surface area contributed by atoms with Crippen LogP contribution in [0.1, 0.15) is 36.7 Å². The van der Waals surface area contributed by atoms with Gasteiger partial charge in [-0.2, -0.15) is 0 Å². The monoisotopic (exact) mass is 272 g/mol. The molecule has 0 amide bonds. The molecule has 0 bridgehead atoms. The highest BCUT2D eigenvalue weighted by Crippen LogP contribution is 2.27. The Kier molecular flexibility index (Phi) is 3.62. The molecule has 3 heteroatoms. The van der Waals surface area contributed by atoms with E-state index in [0.29, 0.717) is 5.56 Å². The van der Waals surface area contributed by atoms with E-state index in [1.54, 1.807) is 6.07 Å². The summed E-state index contributed by atoms with van der Waals surface area (Å²) in [5.41, 5.74) is 2.53. The maximum absolute atomic E-state index is 13.4. The molecule has 2 rings (SSSR count). The van der Waals surface area contributed by atoms with Crippen LogP contribution in [0.3, 0.4) is 0 Å². The van der Waals surface area contributed by atoms with Crippen LogP contribution in [-0.2, 0) is 5.41 Å². The lowest BCUT2D eigenvalue weighted by Crippen LogP contribution is -2.10. The molecule has 0 heterocycles. The van der Waals surface area contributed by atoms with Gasteiger partial charge in [0.05, 0.1) is 5.56 Å². The minimum atomic E-state index is -1.25. The number of hydrogen-bond acceptors (Lipinski definition) is 1. The quantitative estimate of drug-likeness (QED) is 0.874. The maximum Gasteiger partial charge on any atom is 0.338 e. The maximum atomic E-state index is 13.4. The summed E-state index contributed by atoms with van der Waals surface area (Å²) in [4.78, 5) is 11.0. The predicted octanol–water partition coefficient (Wildman–Crippen LogP) is 4.49. The topological polar surface area (TPSA) is 37.3 Å². The zero-order valence-electron chi connectivity index (χ0n) is 11.8. The molecule has 0 aliphatic heterocycles. The molecule has 0 saturated heterocycles. The molecule has 0 unspecified atom stereocenters. The average Bonchev–Trinajstić information content (AvgIpc) is 2.38. The Morgan fingerprint density at radius 3 is 2.05 bits per heavy atom. The molecule has 0 aromatic heterocycles. The van der Waals surface area contributed by atoms with Gasteiger partial charge in [-0.25, -0.2) is 9.18 Å². The normalized spacial score (nSPS) is 11.4. The molecule has 0 aliphatic carbocycles. The fraction of sp³-hybridized carbons (Fsp3) is 0.235. The summed E-state index contributed by atoms with van der Waals surface area (Å²) in [6.07, 6.45) is 0. The Morgan fingerprint density at radius 2 is 1.55 bits per heavy atom. The number of carboxylic acid groups (broad SMARTS) is 1. The van der Waals surface area contributed by atoms with Gasteiger partial charge in [0.2, 0.25) is 0 Å². The van der Waals surface area contributed by atoms with Crippen molar-refractivity contribution in [2.75, 3.05) is 0 Å². The first kappa shape index (κ1) is 14.3. The second-order valence-corrected chi connectivity index (χ2v) is 5.83. The van der Waals surface area contributed by atoms with Crippen molar-refractivity contribution in [2.24, 2.45) is 0 Å². The predicted molar refractivity (Wildman–Crippen MR) is 77.5 cm³/mol. The van der Waals surface area contributed by atoms with E-state index in [4.69, 9.17) is 5.11 Å². The molecule has 0 aliphatic rings. The summed E-state index contributed by atoms with van der Waals surface area (Å²) in [7, 11) is 0. The number of aromatic carboxylic acids is 1. The van der Waals surface area contributed by atoms with Crippen LogP contribution in [0.25, 0.3) is 11.1 Å². The lowest BCUT2D eigenvalue weighted by Gasteiger charge is -2.19. The minimum absolute atomic E-state index is 0.0630. The zero-order valence-corrected chi connectivity index (χ0v) is 11.8. The number of hydrogen-bond donors (Lipinski definition) is 1. The van der Waals surface area contributed by atoms with Crippen molar-refractivity contribution in [1.29, 1.82) is 0 Å². The van der Waals surface area contributed by atoms with E-state index in [0.717, 1.165) is 5.56 Å². The van der Waals surface area contributed by atoms with Gasteiger partial charge in [-0.1, -0.05) is 51.1 Å². The van der Waals surface area contributed by atoms with Crippen molar-refractivity contribution in [3.8, 4) is 11.1 Å². The van der Waals surface area contributed by atoms with Gasteiger partial charge in [0.15, 0.2) is 0 Å². The first-order valence-corrected chi connectivity index (χ1v) is 6.43. The van der Waals surface area contributed by atoms with Crippen molar-refractivity contribution >= 4 is 5.97 Å². The van der Waals surface area contributed by atoms with Crippen LogP contribution in [0.5, 0.6) is 0 Å². The molecular formula is C17H17FO2. The summed E-state index contributed by atoms with van der Waals surface area (Å²) in [5.74, 6) is -1.97. The first-order chi connectivity index (χ1) is 9.29. The second kappa shape index (κ2) is 5.08. The third kappa shape index (κ3) is 2.87. The summed E-state index contributed by atoms with van der Waals surface area (Å²) in [6.45, 7) is 6.38. The van der Waals surface area contributed by atoms with Crippen molar-refractivity contribution < 1.29 is 14.3 Å². The van der Waals surface area contributed by atoms with Crippen LogP contribution in [0, 0.1) is 5.82 Å². The van der Waals surface area contributed by atoms with Gasteiger partial charge in [-0.15, -0.1) is 0 Å². The molecule has 104 valence electrons. The van der Waals surface area contributed by atoms with Crippen LogP contribution >= 0.6 is 0 Å². The van der Waals surface area contributed by atoms with E-state index in [2.05, 4.69) is 20.8 Å². The standard InChI is InChI=1S/C17H17FO2/c1-17(2,3)13-7-4-11(5-8-13)12-6-9-15(18)14(10-12)16(19)20/h4-10H,1-3H3,(H,19,20). The highest BCUT2D eigenvalue weighted by atomic mass is 19.1. The molecule has 2 aromatic carbocycles. The molecule has 0 spiro atoms. The van der Waals surface area contributed by atoms with Crippen LogP contribution in [-0.4, -0.2) is 11.1 Å². The minimum Gasteiger partial charge on any atom is -0.478 e. The third-order valence-electron chi connectivity index (χ3n) is 3.28. The van der Waals surface area contributed by atoms with E-state index in [1.807, 2.05) is 24.3 Å². The number of carboxylic acids is 1. The fourth-order valence-electron chi connectivity index (χ4n) is 2.03. The van der Waals surface area contributed by atoms with Gasteiger partial charge in [0, 0.05) is 0 Å². The second-order valence-electron chi connectivity index (χ2n) is 5.83. The van der Waals surface area contributed by atoms with Gasteiger partial charge < -0.3 is 5.11 Å². The van der Waals surface area contributed by atoms with E-state index in [-0.39, 0.29) is 11.0 Å². The third-order valence-corrected chi connectivity index (χ3v) is 3.28. The van der Waals surface area contributed by atoms with Crippen LogP contribution in [0.4, 0.5) is 4.39 Å². The van der Waals surface area contributed by atoms with Crippen molar-refractivity contribution in [3.63, 3.8) is 0 Å². The number of benzene rings is 2. The van der Waals surface area contributed by atoms with Crippen LogP contribution < -0.4 is 0 Å². The largest absolute Gasteiger partial charge is 0.478 e. The van der Waals surface area contributed by atoms with Gasteiger partial charge >= 0.3 is 5.97 Å². The van der Waals surface area contributed by atoms with Gasteiger partial charge in [0.25, 0.3) is 0 Å². The van der Waals surface area contributed by atoms with E-state index < -0.39 is 11.8 Å². The van der Waals surface area contributed by atoms with E-state index >= 15 is 0 Å². The summed E-state index contributed by atoms with van der Waals surface area (Å²) < 4.78 is 13.4. The Balaban J connectivity index is 2.42. The molecule has 0 radical (unpaired) electrons. The molecule has 0 atom stereocenters. The molecule has 0 fully saturated rings. The van der Waals surface area contributed by atoms with Crippen molar-refractivity contribution in [3.05, 3.63) is 59.4 Å². The Morgan fingerprint density at radius 1 is 1.00 bits per heavy atom. The summed E-state index contributed by atoms with van der Waals surface area (Å²) >= 11 is 0. The molecule has 20 heavy (non-hydrogen) atoms. The molecule has 2 aromatic rings. The Labute approximate surface area is 117 Å². The highest BCUT2D eigenvalue weighted by molar-refractivity contribution is 5.89. The number of halogens is 1. The van der Waals surface area contributed by atoms with E-state index in [1.165, 1.54) is 17.7 Å². The molecule has 1 N–H and O–H groups in total. The Hall–Kier alpha value is -2.16. The lowest BCUT2D eigenvalue weighted by molar-refractivity contribution is 0.0692.